The fraction of sp³-hybridized carbons (Fsp3) is 0.379. The molecule has 2 aliphatic heterocycles. The van der Waals surface area contributed by atoms with Crippen molar-refractivity contribution < 1.29 is 28.7 Å². The molecule has 0 saturated carbocycles. The Hall–Kier alpha value is -4.92. The van der Waals surface area contributed by atoms with Gasteiger partial charge in [0.05, 0.1) is 17.3 Å². The van der Waals surface area contributed by atoms with Crippen molar-refractivity contribution in [2.75, 3.05) is 26.7 Å². The number of ether oxygens (including phenoxy) is 2. The van der Waals surface area contributed by atoms with Crippen LogP contribution >= 0.6 is 0 Å². The van der Waals surface area contributed by atoms with Gasteiger partial charge in [0.15, 0.2) is 5.60 Å². The Labute approximate surface area is 237 Å². The first-order chi connectivity index (χ1) is 19.4. The molecule has 3 N–H and O–H groups in total. The number of fused-ring (bicyclic) bond motifs is 1. The normalized spacial score (nSPS) is 19.0. The van der Waals surface area contributed by atoms with Gasteiger partial charge in [-0.15, -0.1) is 0 Å². The molecule has 4 rings (SSSR count). The van der Waals surface area contributed by atoms with E-state index in [2.05, 4.69) is 10.4 Å². The second-order valence-electron chi connectivity index (χ2n) is 10.5. The molecule has 2 aromatic carbocycles. The number of nitriles is 1. The first-order valence-corrected chi connectivity index (χ1v) is 13.1. The first-order valence-electron chi connectivity index (χ1n) is 13.1. The number of likely N-dealkylation sites (tertiary alicyclic amines) is 1. The van der Waals surface area contributed by atoms with Gasteiger partial charge in [0, 0.05) is 26.6 Å². The second kappa shape index (κ2) is 11.7. The summed E-state index contributed by atoms with van der Waals surface area (Å²) in [4.78, 5) is 53.4. The molecule has 2 aromatic rings. The maximum atomic E-state index is 14.0. The molecule has 4 amide bonds. The van der Waals surface area contributed by atoms with Crippen molar-refractivity contribution >= 4 is 29.5 Å². The van der Waals surface area contributed by atoms with Crippen LogP contribution in [0, 0.1) is 16.7 Å². The van der Waals surface area contributed by atoms with Gasteiger partial charge in [-0.25, -0.2) is 9.80 Å². The van der Waals surface area contributed by atoms with Crippen LogP contribution in [0.25, 0.3) is 0 Å². The van der Waals surface area contributed by atoms with Gasteiger partial charge >= 0.3 is 6.09 Å². The number of hydrogen-bond acceptors (Lipinski definition) is 8. The van der Waals surface area contributed by atoms with Crippen molar-refractivity contribution in [1.82, 2.24) is 15.2 Å². The second-order valence-corrected chi connectivity index (χ2v) is 10.5. The van der Waals surface area contributed by atoms with Crippen molar-refractivity contribution in [2.24, 2.45) is 16.3 Å². The summed E-state index contributed by atoms with van der Waals surface area (Å²) in [5.41, 5.74) is 4.39. The minimum absolute atomic E-state index is 0.0558. The van der Waals surface area contributed by atoms with Gasteiger partial charge in [-0.1, -0.05) is 36.4 Å². The highest BCUT2D eigenvalue weighted by atomic mass is 16.6. The van der Waals surface area contributed by atoms with Gasteiger partial charge in [0.25, 0.3) is 11.8 Å². The van der Waals surface area contributed by atoms with E-state index in [1.165, 1.54) is 29.8 Å². The van der Waals surface area contributed by atoms with Crippen LogP contribution in [0.3, 0.4) is 0 Å². The molecule has 12 nitrogen and oxygen atoms in total. The van der Waals surface area contributed by atoms with E-state index in [1.54, 1.807) is 25.2 Å². The summed E-state index contributed by atoms with van der Waals surface area (Å²) >= 11 is 0. The Balaban J connectivity index is 1.60. The first kappa shape index (κ1) is 29.1. The van der Waals surface area contributed by atoms with Crippen LogP contribution in [0.4, 0.5) is 4.79 Å². The average molecular weight is 561 g/mol. The highest BCUT2D eigenvalue weighted by molar-refractivity contribution is 6.13. The lowest BCUT2D eigenvalue weighted by molar-refractivity contribution is -0.145. The van der Waals surface area contributed by atoms with Crippen LogP contribution in [0.15, 0.2) is 59.7 Å². The van der Waals surface area contributed by atoms with E-state index >= 15 is 0 Å². The standard InChI is InChI=1S/C29H32N6O6/c1-28(2,41-27(31)39)25(37)32-22(17-40-21-11-7-10-20(14-21)16-30)24(36)35-13-12-23-29(18-35,26(38)34(3)33-23)15-19-8-5-4-6-9-19/h4-11,14,22H,12-13,15,17-18H2,1-3H3,(H2,31,39)(H,32,37)/t22?,29-/m1/s1. The number of benzene rings is 2. The molecular weight excluding hydrogens is 528 g/mol. The Bertz CT molecular complexity index is 1420. The Morgan fingerprint density at radius 3 is 2.61 bits per heavy atom. The number of rotatable bonds is 9. The van der Waals surface area contributed by atoms with Crippen molar-refractivity contribution in [3.63, 3.8) is 0 Å². The van der Waals surface area contributed by atoms with Crippen LogP contribution in [0.2, 0.25) is 0 Å². The molecule has 1 fully saturated rings. The van der Waals surface area contributed by atoms with Crippen LogP contribution < -0.4 is 15.8 Å². The topological polar surface area (TPSA) is 167 Å². The van der Waals surface area contributed by atoms with Crippen LogP contribution in [0.5, 0.6) is 5.75 Å². The summed E-state index contributed by atoms with van der Waals surface area (Å²) in [6.45, 7) is 2.73. The zero-order valence-corrected chi connectivity index (χ0v) is 23.1. The number of hydrogen-bond donors (Lipinski definition) is 2. The Kier molecular flexibility index (Phi) is 8.28. The van der Waals surface area contributed by atoms with E-state index in [1.807, 2.05) is 36.4 Å². The van der Waals surface area contributed by atoms with Gasteiger partial charge in [-0.2, -0.15) is 10.4 Å². The SMILES string of the molecule is CN1N=C2CCN(C(=O)C(COc3cccc(C#N)c3)NC(=O)C(C)(C)OC(N)=O)C[C@@]2(Cc2ccccc2)C1=O. The minimum Gasteiger partial charge on any atom is -0.491 e. The molecule has 2 aliphatic rings. The van der Waals surface area contributed by atoms with E-state index in [0.29, 0.717) is 29.9 Å². The Morgan fingerprint density at radius 1 is 1.20 bits per heavy atom. The third-order valence-corrected chi connectivity index (χ3v) is 7.15. The molecule has 12 heteroatoms. The monoisotopic (exact) mass is 560 g/mol. The molecule has 0 radical (unpaired) electrons. The smallest absolute Gasteiger partial charge is 0.405 e. The molecule has 0 aromatic heterocycles. The number of hydrazone groups is 1. The lowest BCUT2D eigenvalue weighted by Crippen LogP contribution is -2.61. The van der Waals surface area contributed by atoms with Gasteiger partial charge < -0.3 is 25.4 Å². The third-order valence-electron chi connectivity index (χ3n) is 7.15. The van der Waals surface area contributed by atoms with Gasteiger partial charge in [0.2, 0.25) is 5.91 Å². The average Bonchev–Trinajstić information content (AvgIpc) is 3.19. The number of amides is 4. The van der Waals surface area contributed by atoms with E-state index in [9.17, 15) is 24.4 Å². The van der Waals surface area contributed by atoms with Gasteiger partial charge in [0.1, 0.15) is 23.8 Å². The summed E-state index contributed by atoms with van der Waals surface area (Å²) in [6, 6.07) is 16.7. The largest absolute Gasteiger partial charge is 0.491 e. The molecule has 0 aliphatic carbocycles. The summed E-state index contributed by atoms with van der Waals surface area (Å²) in [5.74, 6) is -1.14. The van der Waals surface area contributed by atoms with E-state index in [4.69, 9.17) is 15.2 Å². The number of nitrogens with one attached hydrogen (secondary N) is 1. The maximum Gasteiger partial charge on any atom is 0.405 e. The highest BCUT2D eigenvalue weighted by Gasteiger charge is 2.54. The Morgan fingerprint density at radius 2 is 1.93 bits per heavy atom. The molecule has 214 valence electrons. The zero-order chi connectivity index (χ0) is 29.8. The van der Waals surface area contributed by atoms with E-state index in [-0.39, 0.29) is 25.6 Å². The van der Waals surface area contributed by atoms with Crippen molar-refractivity contribution in [2.45, 2.75) is 38.3 Å². The van der Waals surface area contributed by atoms with Crippen molar-refractivity contribution in [3.8, 4) is 11.8 Å². The molecule has 2 heterocycles. The fourth-order valence-corrected chi connectivity index (χ4v) is 5.08. The van der Waals surface area contributed by atoms with Crippen LogP contribution in [-0.2, 0) is 25.5 Å². The summed E-state index contributed by atoms with van der Waals surface area (Å²) in [6.07, 6.45) is -0.420. The summed E-state index contributed by atoms with van der Waals surface area (Å²) in [7, 11) is 1.60. The molecule has 2 atom stereocenters. The minimum atomic E-state index is -1.68. The molecule has 1 unspecified atom stereocenters. The van der Waals surface area contributed by atoms with E-state index < -0.39 is 35.0 Å². The maximum absolute atomic E-state index is 14.0. The number of nitrogens with zero attached hydrogens (tertiary/aromatic N) is 4. The van der Waals surface area contributed by atoms with Gasteiger partial charge in [-0.05, 0) is 44.0 Å². The quantitative estimate of drug-likeness (QED) is 0.469. The van der Waals surface area contributed by atoms with Crippen molar-refractivity contribution in [1.29, 1.82) is 5.26 Å². The number of carbonyl (C=O) groups is 4. The summed E-state index contributed by atoms with van der Waals surface area (Å²) in [5, 5.41) is 17.6. The third kappa shape index (κ3) is 6.30. The molecule has 1 saturated heterocycles. The lowest BCUT2D eigenvalue weighted by Gasteiger charge is -2.40. The highest BCUT2D eigenvalue weighted by Crippen LogP contribution is 2.38. The number of primary amides is 1. The predicted octanol–water partition coefficient (Wildman–Crippen LogP) is 1.59. The number of piperidine rings is 1. The molecule has 41 heavy (non-hydrogen) atoms. The fourth-order valence-electron chi connectivity index (χ4n) is 5.08. The number of carbonyl (C=O) groups excluding carboxylic acids is 4. The van der Waals surface area contributed by atoms with Crippen LogP contribution in [-0.4, -0.2) is 77.8 Å². The zero-order valence-electron chi connectivity index (χ0n) is 23.1. The molecule has 0 bridgehead atoms. The molecule has 0 spiro atoms. The predicted molar refractivity (Wildman–Crippen MR) is 147 cm³/mol. The molecular formula is C29H32N6O6. The number of nitrogens with two attached hydrogens (primary N) is 1. The van der Waals surface area contributed by atoms with Gasteiger partial charge in [-0.3, -0.25) is 14.4 Å². The van der Waals surface area contributed by atoms with E-state index in [0.717, 1.165) is 5.56 Å². The summed E-state index contributed by atoms with van der Waals surface area (Å²) < 4.78 is 10.8. The van der Waals surface area contributed by atoms with Crippen LogP contribution in [0.1, 0.15) is 31.4 Å². The lowest BCUT2D eigenvalue weighted by atomic mass is 9.73. The van der Waals surface area contributed by atoms with Crippen molar-refractivity contribution in [3.05, 3.63) is 65.7 Å².